The fraction of sp³-hybridized carbons (Fsp3) is 0.643. The summed E-state index contributed by atoms with van der Waals surface area (Å²) in [5.41, 5.74) is 0.972. The number of ether oxygens (including phenoxy) is 1. The topological polar surface area (TPSA) is 34.1 Å². The zero-order chi connectivity index (χ0) is 12.1. The summed E-state index contributed by atoms with van der Waals surface area (Å²) in [6.45, 7) is 5.14. The Bertz CT molecular complexity index is 350. The summed E-state index contributed by atoms with van der Waals surface area (Å²) in [7, 11) is 0. The molecule has 0 aliphatic heterocycles. The number of aromatic nitrogens is 1. The normalized spacial score (nSPS) is 16.8. The lowest BCUT2D eigenvalue weighted by molar-refractivity contribution is 0.184. The predicted molar refractivity (Wildman–Crippen MR) is 69.3 cm³/mol. The van der Waals surface area contributed by atoms with E-state index in [1.54, 1.807) is 6.20 Å². The van der Waals surface area contributed by atoms with Gasteiger partial charge in [0.05, 0.1) is 5.69 Å². The van der Waals surface area contributed by atoms with Gasteiger partial charge in [0.2, 0.25) is 0 Å². The van der Waals surface area contributed by atoms with E-state index in [-0.39, 0.29) is 6.10 Å². The van der Waals surface area contributed by atoms with Crippen LogP contribution in [-0.4, -0.2) is 23.7 Å². The number of nitrogens with zero attached hydrogens (tertiary/aromatic N) is 1. The standard InChI is InChI=1S/C14H22N2O/c1-3-5-13(10-16-12-7-8-12)17-14-6-4-9-15-11(14)2/h4,6,9,12-13,16H,3,5,7-8,10H2,1-2H3. The van der Waals surface area contributed by atoms with Gasteiger partial charge in [0.1, 0.15) is 11.9 Å². The molecule has 1 fully saturated rings. The molecule has 1 N–H and O–H groups in total. The van der Waals surface area contributed by atoms with Crippen LogP contribution in [0.15, 0.2) is 18.3 Å². The van der Waals surface area contributed by atoms with Gasteiger partial charge in [-0.1, -0.05) is 13.3 Å². The van der Waals surface area contributed by atoms with Gasteiger partial charge in [-0.05, 0) is 38.3 Å². The van der Waals surface area contributed by atoms with Crippen molar-refractivity contribution >= 4 is 0 Å². The maximum absolute atomic E-state index is 6.04. The molecule has 17 heavy (non-hydrogen) atoms. The second kappa shape index (κ2) is 6.01. The van der Waals surface area contributed by atoms with Crippen molar-refractivity contribution in [1.82, 2.24) is 10.3 Å². The number of aryl methyl sites for hydroxylation is 1. The Labute approximate surface area is 104 Å². The minimum Gasteiger partial charge on any atom is -0.487 e. The molecule has 3 nitrogen and oxygen atoms in total. The van der Waals surface area contributed by atoms with Gasteiger partial charge >= 0.3 is 0 Å². The van der Waals surface area contributed by atoms with E-state index in [1.807, 2.05) is 19.1 Å². The second-order valence-corrected chi connectivity index (χ2v) is 4.80. The molecule has 0 spiro atoms. The highest BCUT2D eigenvalue weighted by Gasteiger charge is 2.22. The van der Waals surface area contributed by atoms with Gasteiger partial charge in [0.25, 0.3) is 0 Å². The molecule has 0 amide bonds. The minimum atomic E-state index is 0.267. The quantitative estimate of drug-likeness (QED) is 0.787. The first-order chi connectivity index (χ1) is 8.29. The first-order valence-electron chi connectivity index (χ1n) is 6.61. The molecule has 1 aromatic heterocycles. The molecule has 1 atom stereocenters. The number of rotatable bonds is 7. The van der Waals surface area contributed by atoms with Crippen LogP contribution in [0, 0.1) is 6.92 Å². The van der Waals surface area contributed by atoms with Gasteiger partial charge in [-0.3, -0.25) is 4.98 Å². The van der Waals surface area contributed by atoms with E-state index >= 15 is 0 Å². The average molecular weight is 234 g/mol. The molecule has 1 aliphatic rings. The Morgan fingerprint density at radius 2 is 2.35 bits per heavy atom. The molecular weight excluding hydrogens is 212 g/mol. The molecule has 94 valence electrons. The van der Waals surface area contributed by atoms with Crippen LogP contribution in [0.25, 0.3) is 0 Å². The lowest BCUT2D eigenvalue weighted by atomic mass is 10.2. The summed E-state index contributed by atoms with van der Waals surface area (Å²) in [4.78, 5) is 4.25. The number of nitrogens with one attached hydrogen (secondary N) is 1. The molecule has 0 aromatic carbocycles. The maximum Gasteiger partial charge on any atom is 0.140 e. The van der Waals surface area contributed by atoms with Crippen LogP contribution in [0.5, 0.6) is 5.75 Å². The van der Waals surface area contributed by atoms with Crippen LogP contribution in [-0.2, 0) is 0 Å². The molecule has 0 saturated heterocycles. The third-order valence-electron chi connectivity index (χ3n) is 3.07. The Hall–Kier alpha value is -1.09. The Morgan fingerprint density at radius 3 is 3.00 bits per heavy atom. The van der Waals surface area contributed by atoms with Gasteiger partial charge in [-0.2, -0.15) is 0 Å². The van der Waals surface area contributed by atoms with Crippen molar-refractivity contribution < 1.29 is 4.74 Å². The maximum atomic E-state index is 6.04. The van der Waals surface area contributed by atoms with Crippen molar-refractivity contribution in [2.75, 3.05) is 6.54 Å². The first kappa shape index (κ1) is 12.4. The minimum absolute atomic E-state index is 0.267. The van der Waals surface area contributed by atoms with E-state index in [2.05, 4.69) is 17.2 Å². The second-order valence-electron chi connectivity index (χ2n) is 4.80. The molecule has 1 aliphatic carbocycles. The molecule has 1 unspecified atom stereocenters. The van der Waals surface area contributed by atoms with E-state index < -0.39 is 0 Å². The molecule has 0 radical (unpaired) electrons. The van der Waals surface area contributed by atoms with Crippen LogP contribution in [0.2, 0.25) is 0 Å². The largest absolute Gasteiger partial charge is 0.487 e. The average Bonchev–Trinajstić information content (AvgIpc) is 3.13. The van der Waals surface area contributed by atoms with Crippen LogP contribution < -0.4 is 10.1 Å². The Kier molecular flexibility index (Phi) is 4.37. The lowest BCUT2D eigenvalue weighted by Gasteiger charge is -2.20. The van der Waals surface area contributed by atoms with Gasteiger partial charge in [0, 0.05) is 18.8 Å². The van der Waals surface area contributed by atoms with Gasteiger partial charge in [-0.25, -0.2) is 0 Å². The van der Waals surface area contributed by atoms with E-state index in [9.17, 15) is 0 Å². The van der Waals surface area contributed by atoms with E-state index in [0.717, 1.165) is 36.9 Å². The summed E-state index contributed by atoms with van der Waals surface area (Å²) >= 11 is 0. The monoisotopic (exact) mass is 234 g/mol. The fourth-order valence-corrected chi connectivity index (χ4v) is 1.88. The van der Waals surface area contributed by atoms with Crippen LogP contribution in [0.3, 0.4) is 0 Å². The molecule has 2 rings (SSSR count). The van der Waals surface area contributed by atoms with Crippen molar-refractivity contribution in [3.05, 3.63) is 24.0 Å². The molecule has 1 saturated carbocycles. The third kappa shape index (κ3) is 4.00. The first-order valence-corrected chi connectivity index (χ1v) is 6.61. The summed E-state index contributed by atoms with van der Waals surface area (Å²) in [5, 5.41) is 3.54. The smallest absolute Gasteiger partial charge is 0.140 e. The fourth-order valence-electron chi connectivity index (χ4n) is 1.88. The molecule has 0 bridgehead atoms. The highest BCUT2D eigenvalue weighted by Crippen LogP contribution is 2.20. The summed E-state index contributed by atoms with van der Waals surface area (Å²) in [6.07, 6.45) is 6.96. The summed E-state index contributed by atoms with van der Waals surface area (Å²) < 4.78 is 6.04. The molecular formula is C14H22N2O. The van der Waals surface area contributed by atoms with Crippen LogP contribution >= 0.6 is 0 Å². The van der Waals surface area contributed by atoms with Crippen LogP contribution in [0.4, 0.5) is 0 Å². The summed E-state index contributed by atoms with van der Waals surface area (Å²) in [6, 6.07) is 4.68. The van der Waals surface area contributed by atoms with Crippen molar-refractivity contribution in [3.63, 3.8) is 0 Å². The van der Waals surface area contributed by atoms with Crippen LogP contribution in [0.1, 0.15) is 38.3 Å². The Balaban J connectivity index is 1.88. The zero-order valence-electron chi connectivity index (χ0n) is 10.8. The lowest BCUT2D eigenvalue weighted by Crippen LogP contribution is -2.32. The van der Waals surface area contributed by atoms with E-state index in [4.69, 9.17) is 4.74 Å². The van der Waals surface area contributed by atoms with Gasteiger partial charge in [0.15, 0.2) is 0 Å². The number of hydrogen-bond donors (Lipinski definition) is 1. The molecule has 3 heteroatoms. The number of pyridine rings is 1. The number of hydrogen-bond acceptors (Lipinski definition) is 3. The zero-order valence-corrected chi connectivity index (χ0v) is 10.8. The molecule has 1 heterocycles. The van der Waals surface area contributed by atoms with E-state index in [1.165, 1.54) is 12.8 Å². The predicted octanol–water partition coefficient (Wildman–Crippen LogP) is 2.69. The Morgan fingerprint density at radius 1 is 1.53 bits per heavy atom. The summed E-state index contributed by atoms with van der Waals surface area (Å²) in [5.74, 6) is 0.920. The van der Waals surface area contributed by atoms with Crippen molar-refractivity contribution in [1.29, 1.82) is 0 Å². The third-order valence-corrected chi connectivity index (χ3v) is 3.07. The van der Waals surface area contributed by atoms with Crippen molar-refractivity contribution in [2.24, 2.45) is 0 Å². The van der Waals surface area contributed by atoms with Gasteiger partial charge < -0.3 is 10.1 Å². The van der Waals surface area contributed by atoms with Crippen molar-refractivity contribution in [2.45, 2.75) is 51.7 Å². The highest BCUT2D eigenvalue weighted by molar-refractivity contribution is 5.25. The van der Waals surface area contributed by atoms with E-state index in [0.29, 0.717) is 0 Å². The van der Waals surface area contributed by atoms with Gasteiger partial charge in [-0.15, -0.1) is 0 Å². The van der Waals surface area contributed by atoms with Crippen molar-refractivity contribution in [3.8, 4) is 5.75 Å². The molecule has 1 aromatic rings. The SMILES string of the molecule is CCCC(CNC1CC1)Oc1cccnc1C. The highest BCUT2D eigenvalue weighted by atomic mass is 16.5.